The van der Waals surface area contributed by atoms with Crippen molar-refractivity contribution in [3.8, 4) is 0 Å². The summed E-state index contributed by atoms with van der Waals surface area (Å²) in [6.07, 6.45) is 2.31. The Labute approximate surface area is 415 Å². The molecule has 0 aliphatic carbocycles. The van der Waals surface area contributed by atoms with Crippen LogP contribution < -0.4 is 31.1 Å². The summed E-state index contributed by atoms with van der Waals surface area (Å²) in [6, 6.07) is 19.3. The normalized spacial score (nSPS) is 27.3. The highest BCUT2D eigenvalue weighted by molar-refractivity contribution is 7.59. The summed E-state index contributed by atoms with van der Waals surface area (Å²) in [7, 11) is -11.5. The second kappa shape index (κ2) is 21.6. The van der Waals surface area contributed by atoms with Crippen LogP contribution in [0.4, 0.5) is 21.1 Å². The van der Waals surface area contributed by atoms with Gasteiger partial charge in [-0.1, -0.05) is 72.8 Å². The molecule has 4 N–H and O–H groups in total. The van der Waals surface area contributed by atoms with Crippen LogP contribution in [0, 0.1) is 0 Å². The molecule has 0 radical (unpaired) electrons. The molecule has 4 aromatic heterocycles. The minimum atomic E-state index is -5.73. The van der Waals surface area contributed by atoms with Crippen molar-refractivity contribution in [1.29, 1.82) is 0 Å². The maximum absolute atomic E-state index is 13.3. The molecule has 10 rings (SSSR count). The SMILES string of the molecule is CCNC(=O)Nc1ncnc2c1ncn2[C@@H]1O[C@H](COP(=O)([O-])OP(=O)([O-])OC[C@H]2O[C@@H](n3cnc4c(NC(=O)NCC)ccnc43)C3OC(/C=C/c4ccccc4)O[C@H]32)C2OC(/C=C/c3ccccc3)OC21. The van der Waals surface area contributed by atoms with E-state index in [9.17, 15) is 28.5 Å². The highest BCUT2D eigenvalue weighted by Crippen LogP contribution is 2.57. The number of anilines is 2. The number of phosphoric ester groups is 2. The molecule has 2 aromatic carbocycles. The van der Waals surface area contributed by atoms with Gasteiger partial charge in [-0.3, -0.25) is 23.6 Å². The zero-order valence-electron chi connectivity index (χ0n) is 38.7. The Bertz CT molecular complexity index is 2890. The Morgan fingerprint density at radius 1 is 0.630 bits per heavy atom. The number of amides is 4. The zero-order chi connectivity index (χ0) is 50.7. The number of carbonyl (C=O) groups is 2. The van der Waals surface area contributed by atoms with Crippen molar-refractivity contribution in [2.45, 2.75) is 75.5 Å². The third-order valence-electron chi connectivity index (χ3n) is 11.7. The second-order valence-electron chi connectivity index (χ2n) is 16.6. The van der Waals surface area contributed by atoms with E-state index in [-0.39, 0.29) is 17.0 Å². The lowest BCUT2D eigenvalue weighted by molar-refractivity contribution is -0.247. The Morgan fingerprint density at radius 2 is 1.12 bits per heavy atom. The predicted molar refractivity (Wildman–Crippen MR) is 252 cm³/mol. The van der Waals surface area contributed by atoms with Gasteiger partial charge in [0.1, 0.15) is 48.5 Å². The van der Waals surface area contributed by atoms with Crippen LogP contribution in [0.3, 0.4) is 0 Å². The Kier molecular flexibility index (Phi) is 14.9. The minimum absolute atomic E-state index is 0.111. The van der Waals surface area contributed by atoms with Crippen molar-refractivity contribution in [3.05, 3.63) is 115 Å². The number of aromatic nitrogens is 7. The molecule has 7 unspecified atom stereocenters. The molecule has 4 aliphatic rings. The molecule has 26 nitrogen and oxygen atoms in total. The van der Waals surface area contributed by atoms with Gasteiger partial charge >= 0.3 is 12.1 Å². The van der Waals surface area contributed by atoms with Gasteiger partial charge in [0.25, 0.3) is 15.6 Å². The molecule has 4 aliphatic heterocycles. The minimum Gasteiger partial charge on any atom is -0.756 e. The number of pyridine rings is 1. The Morgan fingerprint density at radius 3 is 1.66 bits per heavy atom. The van der Waals surface area contributed by atoms with E-state index < -0.39 is 103 Å². The molecule has 28 heteroatoms. The topological polar surface area (TPSA) is 320 Å². The van der Waals surface area contributed by atoms with E-state index in [4.69, 9.17) is 37.5 Å². The van der Waals surface area contributed by atoms with Crippen molar-refractivity contribution in [2.24, 2.45) is 0 Å². The summed E-state index contributed by atoms with van der Waals surface area (Å²) in [5.74, 6) is 0.111. The van der Waals surface area contributed by atoms with Crippen LogP contribution in [0.1, 0.15) is 37.4 Å². The first-order valence-electron chi connectivity index (χ1n) is 23.0. The average molecular weight is 1040 g/mol. The third-order valence-corrected chi connectivity index (χ3v) is 14.3. The number of fused-ring (bicyclic) bond motifs is 4. The van der Waals surface area contributed by atoms with E-state index in [1.54, 1.807) is 48.8 Å². The van der Waals surface area contributed by atoms with Gasteiger partial charge in [0.05, 0.1) is 31.6 Å². The fourth-order valence-electron chi connectivity index (χ4n) is 8.61. The average Bonchev–Trinajstić information content (AvgIpc) is 4.24. The second-order valence-corrected chi connectivity index (χ2v) is 19.5. The highest BCUT2D eigenvalue weighted by atomic mass is 31.3. The number of benzene rings is 2. The predicted octanol–water partition coefficient (Wildman–Crippen LogP) is 3.98. The molecule has 4 amide bonds. The van der Waals surface area contributed by atoms with Gasteiger partial charge in [-0.25, -0.2) is 38.8 Å². The lowest BCUT2D eigenvalue weighted by Crippen LogP contribution is -2.33. The molecule has 4 saturated heterocycles. The Balaban J connectivity index is 0.830. The third kappa shape index (κ3) is 11.3. The molecule has 0 bridgehead atoms. The number of nitrogens with zero attached hydrogens (tertiary/aromatic N) is 7. The van der Waals surface area contributed by atoms with Crippen LogP contribution in [0.25, 0.3) is 34.5 Å². The highest BCUT2D eigenvalue weighted by Gasteiger charge is 2.55. The molecule has 0 saturated carbocycles. The van der Waals surface area contributed by atoms with E-state index in [0.29, 0.717) is 29.9 Å². The van der Waals surface area contributed by atoms with Crippen molar-refractivity contribution in [2.75, 3.05) is 36.9 Å². The largest absolute Gasteiger partial charge is 0.756 e. The first-order chi connectivity index (χ1) is 35.3. The van der Waals surface area contributed by atoms with Gasteiger partial charge in [0.15, 0.2) is 47.7 Å². The van der Waals surface area contributed by atoms with E-state index in [2.05, 4.69) is 50.5 Å². The molecule has 12 atom stereocenters. The number of hydrogen-bond acceptors (Lipinski definition) is 20. The summed E-state index contributed by atoms with van der Waals surface area (Å²) in [5, 5.41) is 10.6. The maximum Gasteiger partial charge on any atom is 0.320 e. The number of rotatable bonds is 18. The molecule has 384 valence electrons. The Hall–Kier alpha value is -6.35. The number of nitrogens with one attached hydrogen (secondary N) is 4. The maximum atomic E-state index is 13.3. The van der Waals surface area contributed by atoms with Crippen LogP contribution >= 0.6 is 15.6 Å². The van der Waals surface area contributed by atoms with Crippen LogP contribution in [-0.2, 0) is 50.9 Å². The van der Waals surface area contributed by atoms with Gasteiger partial charge in [-0.15, -0.1) is 0 Å². The summed E-state index contributed by atoms with van der Waals surface area (Å²) in [5.41, 5.74) is 3.13. The fourth-order valence-corrected chi connectivity index (χ4v) is 10.6. The zero-order valence-corrected chi connectivity index (χ0v) is 40.5. The number of phosphoric acid groups is 2. The summed E-state index contributed by atoms with van der Waals surface area (Å²) in [6.45, 7) is 2.69. The number of carbonyl (C=O) groups excluding carboxylic acids is 2. The summed E-state index contributed by atoms with van der Waals surface area (Å²) < 4.78 is 82.1. The smallest absolute Gasteiger partial charge is 0.320 e. The van der Waals surface area contributed by atoms with Crippen molar-refractivity contribution < 1.29 is 70.3 Å². The molecule has 6 aromatic rings. The summed E-state index contributed by atoms with van der Waals surface area (Å²) >= 11 is 0. The standard InChI is InChI=1S/C45H49N11O15P2/c1-3-46-44(57)53-28-19-20-48-40-33(28)51-24-55(40)42-37-35(67-31(69-37)17-15-26-11-7-5-8-12-26)29(65-42)21-63-72(59,60)71-73(61,62)64-22-30-36-38(70-32(68-36)18-16-27-13-9-6-10-14-27)43(66-30)56-25-52-34-39(49-23-50-41(34)56)54-45(58)47-4-2/h5-20,23-25,29-32,35-38,42-43H,3-4,21-22H2,1-2H3,(H,59,60)(H,61,62)(H2,46,48,53,57)(H2,47,49,50,54,58)/p-2/b17-15+,18-16+/t29-,30-,31?,32?,35+,36?,37?,38?,42-,43-/m1/s1. The van der Waals surface area contributed by atoms with Crippen LogP contribution in [0.15, 0.2) is 104 Å². The number of urea groups is 2. The van der Waals surface area contributed by atoms with Crippen molar-refractivity contribution in [1.82, 2.24) is 44.7 Å². The van der Waals surface area contributed by atoms with Gasteiger partial charge in [-0.05, 0) is 43.2 Å². The monoisotopic (exact) mass is 1040 g/mol. The number of ether oxygens (including phenoxy) is 6. The molecular weight excluding hydrogens is 997 g/mol. The molecule has 8 heterocycles. The van der Waals surface area contributed by atoms with E-state index in [0.717, 1.165) is 11.1 Å². The van der Waals surface area contributed by atoms with Crippen molar-refractivity contribution >= 4 is 73.7 Å². The van der Waals surface area contributed by atoms with Gasteiger partial charge < -0.3 is 63.2 Å². The van der Waals surface area contributed by atoms with Crippen LogP contribution in [0.5, 0.6) is 0 Å². The van der Waals surface area contributed by atoms with E-state index >= 15 is 0 Å². The first kappa shape index (κ1) is 50.2. The molecule has 4 fully saturated rings. The lowest BCUT2D eigenvalue weighted by atomic mass is 10.1. The number of imidazole rings is 2. The molecule has 73 heavy (non-hydrogen) atoms. The van der Waals surface area contributed by atoms with Crippen LogP contribution in [0.2, 0.25) is 0 Å². The van der Waals surface area contributed by atoms with E-state index in [1.165, 1.54) is 29.7 Å². The van der Waals surface area contributed by atoms with Gasteiger partial charge in [0, 0.05) is 19.3 Å². The van der Waals surface area contributed by atoms with E-state index in [1.807, 2.05) is 60.7 Å². The van der Waals surface area contributed by atoms with Gasteiger partial charge in [-0.2, -0.15) is 0 Å². The van der Waals surface area contributed by atoms with Crippen LogP contribution in [-0.4, -0.2) is 122 Å². The first-order valence-corrected chi connectivity index (χ1v) is 25.9. The summed E-state index contributed by atoms with van der Waals surface area (Å²) in [4.78, 5) is 73.2. The fraction of sp³-hybridized carbons (Fsp3) is 0.356. The van der Waals surface area contributed by atoms with Crippen molar-refractivity contribution in [3.63, 3.8) is 0 Å². The molecule has 0 spiro atoms. The molecular formula is C45H47N11O15P2-2. The lowest BCUT2D eigenvalue weighted by Gasteiger charge is -2.32. The quantitative estimate of drug-likeness (QED) is 0.0885. The number of hydrogen-bond donors (Lipinski definition) is 4. The van der Waals surface area contributed by atoms with Gasteiger partial charge in [0.2, 0.25) is 0 Å².